The van der Waals surface area contributed by atoms with Crippen molar-refractivity contribution in [3.8, 4) is 0 Å². The molecule has 0 fully saturated rings. The molecule has 2 aromatic rings. The predicted molar refractivity (Wildman–Crippen MR) is 87.2 cm³/mol. The Kier molecular flexibility index (Phi) is 5.17. The van der Waals surface area contributed by atoms with E-state index in [0.29, 0.717) is 16.4 Å². The fourth-order valence-corrected chi connectivity index (χ4v) is 2.15. The lowest BCUT2D eigenvalue weighted by Gasteiger charge is -2.20. The number of benzene rings is 1. The molecule has 0 aliphatic carbocycles. The molecule has 0 saturated carbocycles. The summed E-state index contributed by atoms with van der Waals surface area (Å²) < 4.78 is 0. The van der Waals surface area contributed by atoms with E-state index >= 15 is 0 Å². The van der Waals surface area contributed by atoms with Gasteiger partial charge in [-0.05, 0) is 50.2 Å². The summed E-state index contributed by atoms with van der Waals surface area (Å²) >= 11 is 5.80. The van der Waals surface area contributed by atoms with Gasteiger partial charge in [0, 0.05) is 23.7 Å². The maximum absolute atomic E-state index is 12.1. The maximum atomic E-state index is 12.1. The third-order valence-corrected chi connectivity index (χ3v) is 3.48. The van der Waals surface area contributed by atoms with E-state index in [-0.39, 0.29) is 5.91 Å². The molecule has 0 aliphatic rings. The zero-order chi connectivity index (χ0) is 15.2. The van der Waals surface area contributed by atoms with Crippen LogP contribution in [0.3, 0.4) is 0 Å². The van der Waals surface area contributed by atoms with Crippen molar-refractivity contribution in [1.29, 1.82) is 0 Å². The fraction of sp³-hybridized carbons (Fsp3) is 0.250. The summed E-state index contributed by atoms with van der Waals surface area (Å²) in [6.07, 6.45) is 1.77. The second-order valence-electron chi connectivity index (χ2n) is 4.53. The summed E-state index contributed by atoms with van der Waals surface area (Å²) in [7, 11) is 0. The Hall–Kier alpha value is -2.07. The SMILES string of the molecule is CCN(CC)c1ccc(NC(=O)c2ccc(Cl)cc2)nc1. The van der Waals surface area contributed by atoms with E-state index in [1.54, 1.807) is 30.5 Å². The normalized spacial score (nSPS) is 10.2. The Balaban J connectivity index is 2.06. The number of amides is 1. The first kappa shape index (κ1) is 15.3. The first-order chi connectivity index (χ1) is 10.1. The Bertz CT molecular complexity index is 592. The molecule has 1 aromatic heterocycles. The minimum Gasteiger partial charge on any atom is -0.371 e. The monoisotopic (exact) mass is 303 g/mol. The van der Waals surface area contributed by atoms with Gasteiger partial charge >= 0.3 is 0 Å². The molecule has 0 aliphatic heterocycles. The van der Waals surface area contributed by atoms with Crippen molar-refractivity contribution in [3.05, 3.63) is 53.2 Å². The molecule has 1 N–H and O–H groups in total. The molecule has 4 nitrogen and oxygen atoms in total. The van der Waals surface area contributed by atoms with E-state index in [9.17, 15) is 4.79 Å². The molecular weight excluding hydrogens is 286 g/mol. The molecule has 0 radical (unpaired) electrons. The molecule has 0 bridgehead atoms. The number of aromatic nitrogens is 1. The van der Waals surface area contributed by atoms with Gasteiger partial charge in [0.2, 0.25) is 0 Å². The van der Waals surface area contributed by atoms with Crippen molar-refractivity contribution >= 4 is 29.0 Å². The van der Waals surface area contributed by atoms with Gasteiger partial charge in [0.1, 0.15) is 5.82 Å². The van der Waals surface area contributed by atoms with Crippen molar-refractivity contribution in [2.45, 2.75) is 13.8 Å². The van der Waals surface area contributed by atoms with Gasteiger partial charge in [-0.1, -0.05) is 11.6 Å². The van der Waals surface area contributed by atoms with Gasteiger partial charge in [-0.3, -0.25) is 4.79 Å². The lowest BCUT2D eigenvalue weighted by Crippen LogP contribution is -2.22. The molecular formula is C16H18ClN3O. The van der Waals surface area contributed by atoms with Crippen molar-refractivity contribution < 1.29 is 4.79 Å². The molecule has 5 heteroatoms. The third-order valence-electron chi connectivity index (χ3n) is 3.22. The van der Waals surface area contributed by atoms with Gasteiger partial charge in [0.15, 0.2) is 0 Å². The Labute approximate surface area is 129 Å². The van der Waals surface area contributed by atoms with Crippen LogP contribution in [0.1, 0.15) is 24.2 Å². The number of nitrogens with one attached hydrogen (secondary N) is 1. The highest BCUT2D eigenvalue weighted by molar-refractivity contribution is 6.30. The van der Waals surface area contributed by atoms with Crippen LogP contribution in [-0.2, 0) is 0 Å². The number of nitrogens with zero attached hydrogens (tertiary/aromatic N) is 2. The largest absolute Gasteiger partial charge is 0.371 e. The lowest BCUT2D eigenvalue weighted by atomic mass is 10.2. The van der Waals surface area contributed by atoms with Crippen LogP contribution in [0.5, 0.6) is 0 Å². The molecule has 1 heterocycles. The highest BCUT2D eigenvalue weighted by Gasteiger charge is 2.07. The van der Waals surface area contributed by atoms with Crippen LogP contribution in [0.2, 0.25) is 5.02 Å². The van der Waals surface area contributed by atoms with Crippen LogP contribution in [0, 0.1) is 0 Å². The average Bonchev–Trinajstić information content (AvgIpc) is 2.51. The van der Waals surface area contributed by atoms with E-state index in [1.807, 2.05) is 12.1 Å². The van der Waals surface area contributed by atoms with Crippen LogP contribution in [0.15, 0.2) is 42.6 Å². The van der Waals surface area contributed by atoms with Crippen LogP contribution in [-0.4, -0.2) is 24.0 Å². The van der Waals surface area contributed by atoms with Crippen molar-refractivity contribution in [2.75, 3.05) is 23.3 Å². The molecule has 21 heavy (non-hydrogen) atoms. The molecule has 1 amide bonds. The number of pyridine rings is 1. The number of hydrogen-bond acceptors (Lipinski definition) is 3. The van der Waals surface area contributed by atoms with Gasteiger partial charge in [0.05, 0.1) is 11.9 Å². The van der Waals surface area contributed by atoms with Gasteiger partial charge in [-0.15, -0.1) is 0 Å². The number of carbonyl (C=O) groups excluding carboxylic acids is 1. The Morgan fingerprint density at radius 1 is 1.14 bits per heavy atom. The van der Waals surface area contributed by atoms with Gasteiger partial charge in [-0.2, -0.15) is 0 Å². The third kappa shape index (κ3) is 3.95. The highest BCUT2D eigenvalue weighted by atomic mass is 35.5. The number of anilines is 2. The average molecular weight is 304 g/mol. The molecule has 2 rings (SSSR count). The highest BCUT2D eigenvalue weighted by Crippen LogP contribution is 2.16. The lowest BCUT2D eigenvalue weighted by molar-refractivity contribution is 0.102. The minimum absolute atomic E-state index is 0.199. The van der Waals surface area contributed by atoms with Crippen LogP contribution >= 0.6 is 11.6 Å². The summed E-state index contributed by atoms with van der Waals surface area (Å²) in [5.74, 6) is 0.334. The standard InChI is InChI=1S/C16H18ClN3O/c1-3-20(4-2)14-9-10-15(18-11-14)19-16(21)12-5-7-13(17)8-6-12/h5-11H,3-4H2,1-2H3,(H,18,19,21). The Morgan fingerprint density at radius 3 is 2.33 bits per heavy atom. The Morgan fingerprint density at radius 2 is 1.81 bits per heavy atom. The number of halogens is 1. The predicted octanol–water partition coefficient (Wildman–Crippen LogP) is 3.83. The van der Waals surface area contributed by atoms with Crippen LogP contribution in [0.4, 0.5) is 11.5 Å². The van der Waals surface area contributed by atoms with Crippen LogP contribution < -0.4 is 10.2 Å². The van der Waals surface area contributed by atoms with Gasteiger partial charge < -0.3 is 10.2 Å². The van der Waals surface area contributed by atoms with E-state index in [0.717, 1.165) is 18.8 Å². The fourth-order valence-electron chi connectivity index (χ4n) is 2.03. The van der Waals surface area contributed by atoms with Crippen molar-refractivity contribution in [3.63, 3.8) is 0 Å². The van der Waals surface area contributed by atoms with Gasteiger partial charge in [-0.25, -0.2) is 4.98 Å². The molecule has 0 atom stereocenters. The molecule has 0 unspecified atom stereocenters. The zero-order valence-corrected chi connectivity index (χ0v) is 12.9. The van der Waals surface area contributed by atoms with Crippen molar-refractivity contribution in [2.24, 2.45) is 0 Å². The van der Waals surface area contributed by atoms with Crippen LogP contribution in [0.25, 0.3) is 0 Å². The van der Waals surface area contributed by atoms with E-state index in [1.165, 1.54) is 0 Å². The summed E-state index contributed by atoms with van der Waals surface area (Å²) in [5, 5.41) is 3.37. The van der Waals surface area contributed by atoms with E-state index < -0.39 is 0 Å². The molecule has 110 valence electrons. The smallest absolute Gasteiger partial charge is 0.256 e. The molecule has 1 aromatic carbocycles. The molecule has 0 spiro atoms. The van der Waals surface area contributed by atoms with E-state index in [4.69, 9.17) is 11.6 Å². The second-order valence-corrected chi connectivity index (χ2v) is 4.97. The number of rotatable bonds is 5. The quantitative estimate of drug-likeness (QED) is 0.913. The first-order valence-electron chi connectivity index (χ1n) is 6.92. The first-order valence-corrected chi connectivity index (χ1v) is 7.29. The topological polar surface area (TPSA) is 45.2 Å². The van der Waals surface area contributed by atoms with E-state index in [2.05, 4.69) is 29.0 Å². The summed E-state index contributed by atoms with van der Waals surface area (Å²) in [4.78, 5) is 18.5. The zero-order valence-electron chi connectivity index (χ0n) is 12.1. The summed E-state index contributed by atoms with van der Waals surface area (Å²) in [6, 6.07) is 10.5. The number of hydrogen-bond donors (Lipinski definition) is 1. The summed E-state index contributed by atoms with van der Waals surface area (Å²) in [6.45, 7) is 6.04. The minimum atomic E-state index is -0.199. The maximum Gasteiger partial charge on any atom is 0.256 e. The van der Waals surface area contributed by atoms with Gasteiger partial charge in [0.25, 0.3) is 5.91 Å². The number of carbonyl (C=O) groups is 1. The molecule has 0 saturated heterocycles. The van der Waals surface area contributed by atoms with Crippen molar-refractivity contribution in [1.82, 2.24) is 4.98 Å². The second kappa shape index (κ2) is 7.09. The summed E-state index contributed by atoms with van der Waals surface area (Å²) in [5.41, 5.74) is 1.60.